The van der Waals surface area contributed by atoms with E-state index >= 15 is 0 Å². The molecular formula is C14H15NOS2. The molecule has 2 nitrogen and oxygen atoms in total. The smallest absolute Gasteiger partial charge is 0.0954 e. The summed E-state index contributed by atoms with van der Waals surface area (Å²) in [5, 5.41) is 5.74. The van der Waals surface area contributed by atoms with E-state index in [1.54, 1.807) is 17.6 Å². The standard InChI is InChI=1S/C14H15NOS2/c1-2-5-15-14(10-3-6-16-9-10)13-8-12-11(18-13)4-7-17-12/h3-4,6-9,14-15H,2,5H2,1H3. The van der Waals surface area contributed by atoms with Crippen LogP contribution in [0.25, 0.3) is 9.40 Å². The molecule has 0 spiro atoms. The molecule has 0 aliphatic rings. The third-order valence-corrected chi connectivity index (χ3v) is 5.08. The quantitative estimate of drug-likeness (QED) is 0.734. The molecule has 0 radical (unpaired) electrons. The van der Waals surface area contributed by atoms with Gasteiger partial charge in [0.1, 0.15) is 0 Å². The number of nitrogens with one attached hydrogen (secondary N) is 1. The van der Waals surface area contributed by atoms with Crippen LogP contribution in [0.1, 0.15) is 29.8 Å². The molecule has 1 N–H and O–H groups in total. The number of fused-ring (bicyclic) bond motifs is 1. The zero-order valence-electron chi connectivity index (χ0n) is 10.2. The van der Waals surface area contributed by atoms with Crippen LogP contribution in [0.15, 0.2) is 40.5 Å². The minimum atomic E-state index is 0.258. The predicted octanol–water partition coefficient (Wildman–Crippen LogP) is 4.64. The van der Waals surface area contributed by atoms with Crippen LogP contribution in [0.2, 0.25) is 0 Å². The maximum Gasteiger partial charge on any atom is 0.0954 e. The van der Waals surface area contributed by atoms with Crippen molar-refractivity contribution >= 4 is 32.1 Å². The van der Waals surface area contributed by atoms with Crippen molar-refractivity contribution in [3.63, 3.8) is 0 Å². The number of furan rings is 1. The van der Waals surface area contributed by atoms with Gasteiger partial charge in [-0.3, -0.25) is 0 Å². The maximum atomic E-state index is 5.22. The summed E-state index contributed by atoms with van der Waals surface area (Å²) in [6.07, 6.45) is 4.71. The summed E-state index contributed by atoms with van der Waals surface area (Å²) in [7, 11) is 0. The fourth-order valence-electron chi connectivity index (χ4n) is 2.04. The number of thiophene rings is 2. The summed E-state index contributed by atoms with van der Waals surface area (Å²) in [6, 6.07) is 6.79. The molecule has 3 rings (SSSR count). The second-order valence-electron chi connectivity index (χ2n) is 4.24. The van der Waals surface area contributed by atoms with Gasteiger partial charge in [-0.25, -0.2) is 0 Å². The Morgan fingerprint density at radius 3 is 3.00 bits per heavy atom. The highest BCUT2D eigenvalue weighted by Gasteiger charge is 2.17. The van der Waals surface area contributed by atoms with Gasteiger partial charge in [-0.05, 0) is 36.5 Å². The Kier molecular flexibility index (Phi) is 3.50. The van der Waals surface area contributed by atoms with Crippen molar-refractivity contribution < 1.29 is 4.42 Å². The fourth-order valence-corrected chi connectivity index (χ4v) is 4.26. The van der Waals surface area contributed by atoms with Gasteiger partial charge in [-0.1, -0.05) is 6.92 Å². The summed E-state index contributed by atoms with van der Waals surface area (Å²) in [5.74, 6) is 0. The molecule has 3 aromatic heterocycles. The van der Waals surface area contributed by atoms with E-state index in [0.717, 1.165) is 13.0 Å². The average molecular weight is 277 g/mol. The molecule has 0 amide bonds. The van der Waals surface area contributed by atoms with Crippen LogP contribution in [0.5, 0.6) is 0 Å². The van der Waals surface area contributed by atoms with Crippen molar-refractivity contribution in [2.45, 2.75) is 19.4 Å². The Morgan fingerprint density at radius 1 is 1.33 bits per heavy atom. The summed E-state index contributed by atoms with van der Waals surface area (Å²) in [5.41, 5.74) is 1.21. The highest BCUT2D eigenvalue weighted by atomic mass is 32.1. The molecular weight excluding hydrogens is 262 g/mol. The van der Waals surface area contributed by atoms with E-state index in [4.69, 9.17) is 4.42 Å². The summed E-state index contributed by atoms with van der Waals surface area (Å²) < 4.78 is 7.97. The summed E-state index contributed by atoms with van der Waals surface area (Å²) in [4.78, 5) is 1.37. The van der Waals surface area contributed by atoms with Gasteiger partial charge in [0, 0.05) is 19.8 Å². The van der Waals surface area contributed by atoms with E-state index in [0.29, 0.717) is 0 Å². The van der Waals surface area contributed by atoms with Crippen LogP contribution in [-0.4, -0.2) is 6.54 Å². The van der Waals surface area contributed by atoms with Crippen LogP contribution < -0.4 is 5.32 Å². The Balaban J connectivity index is 1.95. The molecule has 0 saturated carbocycles. The fraction of sp³-hybridized carbons (Fsp3) is 0.286. The van der Waals surface area contributed by atoms with E-state index in [2.05, 4.69) is 29.8 Å². The van der Waals surface area contributed by atoms with Crippen molar-refractivity contribution in [1.82, 2.24) is 5.32 Å². The van der Waals surface area contributed by atoms with Gasteiger partial charge in [0.2, 0.25) is 0 Å². The van der Waals surface area contributed by atoms with Gasteiger partial charge >= 0.3 is 0 Å². The Hall–Kier alpha value is -1.10. The lowest BCUT2D eigenvalue weighted by Crippen LogP contribution is -2.21. The molecule has 0 fully saturated rings. The van der Waals surface area contributed by atoms with Gasteiger partial charge in [-0.15, -0.1) is 22.7 Å². The second-order valence-corrected chi connectivity index (χ2v) is 6.30. The zero-order chi connectivity index (χ0) is 12.4. The number of hydrogen-bond donors (Lipinski definition) is 1. The lowest BCUT2D eigenvalue weighted by atomic mass is 10.1. The lowest BCUT2D eigenvalue weighted by Gasteiger charge is -2.15. The minimum Gasteiger partial charge on any atom is -0.472 e. The SMILES string of the molecule is CCCNC(c1ccoc1)c1cc2sccc2s1. The highest BCUT2D eigenvalue weighted by molar-refractivity contribution is 7.27. The minimum absolute atomic E-state index is 0.258. The van der Waals surface area contributed by atoms with E-state index < -0.39 is 0 Å². The van der Waals surface area contributed by atoms with Crippen molar-refractivity contribution in [3.8, 4) is 0 Å². The van der Waals surface area contributed by atoms with Crippen LogP contribution in [0.4, 0.5) is 0 Å². The lowest BCUT2D eigenvalue weighted by molar-refractivity contribution is 0.550. The molecule has 3 heterocycles. The molecule has 1 atom stereocenters. The first kappa shape index (κ1) is 12.0. The maximum absolute atomic E-state index is 5.22. The number of hydrogen-bond acceptors (Lipinski definition) is 4. The zero-order valence-corrected chi connectivity index (χ0v) is 11.8. The molecule has 0 aliphatic heterocycles. The van der Waals surface area contributed by atoms with Gasteiger partial charge in [0.15, 0.2) is 0 Å². The molecule has 1 unspecified atom stereocenters. The highest BCUT2D eigenvalue weighted by Crippen LogP contribution is 2.35. The van der Waals surface area contributed by atoms with Crippen molar-refractivity contribution in [2.24, 2.45) is 0 Å². The van der Waals surface area contributed by atoms with E-state index in [9.17, 15) is 0 Å². The van der Waals surface area contributed by atoms with Gasteiger partial charge < -0.3 is 9.73 Å². The monoisotopic (exact) mass is 277 g/mol. The van der Waals surface area contributed by atoms with Crippen molar-refractivity contribution in [2.75, 3.05) is 6.54 Å². The molecule has 0 saturated heterocycles. The molecule has 0 aromatic carbocycles. The molecule has 94 valence electrons. The molecule has 18 heavy (non-hydrogen) atoms. The topological polar surface area (TPSA) is 25.2 Å². The Labute approximate surface area is 114 Å². The van der Waals surface area contributed by atoms with Crippen LogP contribution in [0.3, 0.4) is 0 Å². The predicted molar refractivity (Wildman–Crippen MR) is 78.5 cm³/mol. The Bertz CT molecular complexity index is 580. The molecule has 0 bridgehead atoms. The van der Waals surface area contributed by atoms with E-state index in [1.165, 1.54) is 19.8 Å². The van der Waals surface area contributed by atoms with Crippen molar-refractivity contribution in [3.05, 3.63) is 46.5 Å². The average Bonchev–Trinajstić information content (AvgIpc) is 3.05. The molecule has 3 aromatic rings. The largest absolute Gasteiger partial charge is 0.472 e. The molecule has 0 aliphatic carbocycles. The van der Waals surface area contributed by atoms with Gasteiger partial charge in [-0.2, -0.15) is 0 Å². The first-order valence-electron chi connectivity index (χ1n) is 6.11. The van der Waals surface area contributed by atoms with Crippen LogP contribution in [0, 0.1) is 0 Å². The first-order chi connectivity index (χ1) is 8.88. The molecule has 4 heteroatoms. The first-order valence-corrected chi connectivity index (χ1v) is 7.80. The number of rotatable bonds is 5. The summed E-state index contributed by atoms with van der Waals surface area (Å²) in [6.45, 7) is 3.20. The Morgan fingerprint density at radius 2 is 2.28 bits per heavy atom. The van der Waals surface area contributed by atoms with Gasteiger partial charge in [0.25, 0.3) is 0 Å². The second kappa shape index (κ2) is 5.26. The van der Waals surface area contributed by atoms with Crippen molar-refractivity contribution in [1.29, 1.82) is 0 Å². The summed E-state index contributed by atoms with van der Waals surface area (Å²) >= 11 is 3.67. The van der Waals surface area contributed by atoms with Gasteiger partial charge in [0.05, 0.1) is 18.6 Å². The van der Waals surface area contributed by atoms with E-state index in [1.807, 2.05) is 23.7 Å². The van der Waals surface area contributed by atoms with Crippen LogP contribution in [-0.2, 0) is 0 Å². The normalized spacial score (nSPS) is 13.2. The van der Waals surface area contributed by atoms with E-state index in [-0.39, 0.29) is 6.04 Å². The third kappa shape index (κ3) is 2.23. The third-order valence-electron chi connectivity index (χ3n) is 2.92. The van der Waals surface area contributed by atoms with Crippen LogP contribution >= 0.6 is 22.7 Å².